The van der Waals surface area contributed by atoms with Crippen LogP contribution in [-0.4, -0.2) is 20.0 Å². The van der Waals surface area contributed by atoms with E-state index >= 15 is 0 Å². The first-order valence-corrected chi connectivity index (χ1v) is 8.60. The first-order chi connectivity index (χ1) is 13.7. The molecule has 4 aromatic rings. The van der Waals surface area contributed by atoms with Gasteiger partial charge in [0.15, 0.2) is 5.65 Å². The molecule has 28 heavy (non-hydrogen) atoms. The number of hydrogen-bond acceptors (Lipinski definition) is 5. The van der Waals surface area contributed by atoms with Crippen LogP contribution < -0.4 is 0 Å². The SMILES string of the molecule is N#Cc1cccc(-c2nn(CN=[N+]=[N-])c3nnc(-c4ccccc4)c(Cl)c23)c1. The average Bonchev–Trinajstić information content (AvgIpc) is 3.12. The average molecular weight is 387 g/mol. The summed E-state index contributed by atoms with van der Waals surface area (Å²) >= 11 is 6.73. The monoisotopic (exact) mass is 386 g/mol. The number of halogens is 1. The molecule has 0 fully saturated rings. The quantitative estimate of drug-likeness (QED) is 0.280. The molecule has 0 saturated heterocycles. The fourth-order valence-electron chi connectivity index (χ4n) is 2.92. The molecule has 2 aromatic carbocycles. The molecule has 0 unspecified atom stereocenters. The lowest BCUT2D eigenvalue weighted by Gasteiger charge is -2.05. The lowest BCUT2D eigenvalue weighted by molar-refractivity contribution is 0.650. The van der Waals surface area contributed by atoms with Gasteiger partial charge in [-0.2, -0.15) is 10.4 Å². The Morgan fingerprint density at radius 1 is 1.07 bits per heavy atom. The minimum atomic E-state index is -0.0549. The minimum absolute atomic E-state index is 0.0549. The zero-order chi connectivity index (χ0) is 19.5. The van der Waals surface area contributed by atoms with E-state index in [0.717, 1.165) is 5.56 Å². The van der Waals surface area contributed by atoms with Crippen molar-refractivity contribution >= 4 is 22.6 Å². The molecule has 2 aromatic heterocycles. The van der Waals surface area contributed by atoms with Crippen LogP contribution in [0.3, 0.4) is 0 Å². The van der Waals surface area contributed by atoms with Crippen LogP contribution in [0.5, 0.6) is 0 Å². The number of nitrogens with zero attached hydrogens (tertiary/aromatic N) is 8. The first-order valence-electron chi connectivity index (χ1n) is 8.22. The van der Waals surface area contributed by atoms with Gasteiger partial charge in [0, 0.05) is 16.0 Å². The Balaban J connectivity index is 2.02. The molecule has 9 heteroatoms. The summed E-state index contributed by atoms with van der Waals surface area (Å²) in [6.45, 7) is -0.0549. The molecule has 0 spiro atoms. The molecule has 0 amide bonds. The van der Waals surface area contributed by atoms with Crippen molar-refractivity contribution < 1.29 is 0 Å². The van der Waals surface area contributed by atoms with Crippen molar-refractivity contribution in [1.29, 1.82) is 5.26 Å². The zero-order valence-electron chi connectivity index (χ0n) is 14.4. The largest absolute Gasteiger partial charge is 0.239 e. The zero-order valence-corrected chi connectivity index (χ0v) is 15.1. The van der Waals surface area contributed by atoms with E-state index in [1.165, 1.54) is 4.68 Å². The summed E-state index contributed by atoms with van der Waals surface area (Å²) in [6.07, 6.45) is 0. The molecular weight excluding hydrogens is 376 g/mol. The van der Waals surface area contributed by atoms with Crippen molar-refractivity contribution in [2.75, 3.05) is 0 Å². The van der Waals surface area contributed by atoms with E-state index in [9.17, 15) is 5.26 Å². The van der Waals surface area contributed by atoms with Crippen LogP contribution in [0.1, 0.15) is 5.56 Å². The summed E-state index contributed by atoms with van der Waals surface area (Å²) in [5.41, 5.74) is 12.1. The van der Waals surface area contributed by atoms with Gasteiger partial charge in [-0.1, -0.05) is 59.2 Å². The molecule has 0 saturated carbocycles. The second-order valence-electron chi connectivity index (χ2n) is 5.84. The van der Waals surface area contributed by atoms with Gasteiger partial charge in [0.1, 0.15) is 18.1 Å². The van der Waals surface area contributed by atoms with Crippen molar-refractivity contribution in [3.8, 4) is 28.6 Å². The molecule has 0 radical (unpaired) electrons. The predicted octanol–water partition coefficient (Wildman–Crippen LogP) is 4.95. The number of aromatic nitrogens is 4. The topological polar surface area (TPSA) is 116 Å². The fraction of sp³-hybridized carbons (Fsp3) is 0.0526. The van der Waals surface area contributed by atoms with Crippen LogP contribution in [0, 0.1) is 11.3 Å². The minimum Gasteiger partial charge on any atom is -0.239 e. The van der Waals surface area contributed by atoms with Crippen molar-refractivity contribution in [2.24, 2.45) is 5.11 Å². The molecule has 0 aliphatic heterocycles. The van der Waals surface area contributed by atoms with E-state index in [4.69, 9.17) is 17.1 Å². The Bertz CT molecular complexity index is 1270. The smallest absolute Gasteiger partial charge is 0.182 e. The van der Waals surface area contributed by atoms with Crippen LogP contribution in [0.15, 0.2) is 59.7 Å². The summed E-state index contributed by atoms with van der Waals surface area (Å²) in [5.74, 6) is 0. The Kier molecular flexibility index (Phi) is 4.60. The van der Waals surface area contributed by atoms with Crippen molar-refractivity contribution in [1.82, 2.24) is 20.0 Å². The van der Waals surface area contributed by atoms with E-state index < -0.39 is 0 Å². The van der Waals surface area contributed by atoms with Gasteiger partial charge in [0.05, 0.1) is 22.0 Å². The maximum atomic E-state index is 9.21. The second-order valence-corrected chi connectivity index (χ2v) is 6.22. The number of nitriles is 1. The molecule has 0 aliphatic carbocycles. The summed E-state index contributed by atoms with van der Waals surface area (Å²) in [6, 6.07) is 18.6. The van der Waals surface area contributed by atoms with Crippen LogP contribution >= 0.6 is 11.6 Å². The molecule has 0 bridgehead atoms. The van der Waals surface area contributed by atoms with Gasteiger partial charge in [-0.3, -0.25) is 0 Å². The standard InChI is InChI=1S/C19H11ClN8/c20-16-15-17(14-8-4-5-12(9-14)10-21)26-28(11-23-27-22)19(15)25-24-18(16)13-6-2-1-3-7-13/h1-9H,11H2. The molecular formula is C19H11ClN8. The highest BCUT2D eigenvalue weighted by atomic mass is 35.5. The highest BCUT2D eigenvalue weighted by Gasteiger charge is 2.21. The fourth-order valence-corrected chi connectivity index (χ4v) is 3.24. The van der Waals surface area contributed by atoms with Gasteiger partial charge >= 0.3 is 0 Å². The number of benzene rings is 2. The van der Waals surface area contributed by atoms with Gasteiger partial charge in [0.2, 0.25) is 0 Å². The molecule has 134 valence electrons. The van der Waals surface area contributed by atoms with E-state index in [1.54, 1.807) is 18.2 Å². The van der Waals surface area contributed by atoms with Crippen LogP contribution in [0.2, 0.25) is 5.02 Å². The number of hydrogen-bond donors (Lipinski definition) is 0. The summed E-state index contributed by atoms with van der Waals surface area (Å²) in [5, 5.41) is 26.8. The third-order valence-corrected chi connectivity index (χ3v) is 4.54. The third-order valence-electron chi connectivity index (χ3n) is 4.17. The van der Waals surface area contributed by atoms with Gasteiger partial charge in [-0.15, -0.1) is 10.2 Å². The first kappa shape index (κ1) is 17.5. The molecule has 2 heterocycles. The normalized spacial score (nSPS) is 10.4. The van der Waals surface area contributed by atoms with Crippen molar-refractivity contribution in [3.63, 3.8) is 0 Å². The Labute approximate surface area is 164 Å². The second kappa shape index (κ2) is 7.37. The molecule has 8 nitrogen and oxygen atoms in total. The molecule has 0 aliphatic rings. The maximum absolute atomic E-state index is 9.21. The van der Waals surface area contributed by atoms with E-state index in [2.05, 4.69) is 31.4 Å². The van der Waals surface area contributed by atoms with Gasteiger partial charge in [-0.05, 0) is 17.7 Å². The van der Waals surface area contributed by atoms with Crippen molar-refractivity contribution in [3.05, 3.63) is 75.6 Å². The van der Waals surface area contributed by atoms with Crippen molar-refractivity contribution in [2.45, 2.75) is 6.67 Å². The lowest BCUT2D eigenvalue weighted by Crippen LogP contribution is -2.00. The number of fused-ring (bicyclic) bond motifs is 1. The number of azide groups is 1. The third kappa shape index (κ3) is 3.01. The van der Waals surface area contributed by atoms with Gasteiger partial charge in [0.25, 0.3) is 0 Å². The maximum Gasteiger partial charge on any atom is 0.182 e. The highest BCUT2D eigenvalue weighted by molar-refractivity contribution is 6.38. The molecule has 4 rings (SSSR count). The van der Waals surface area contributed by atoms with Gasteiger partial charge in [-0.25, -0.2) is 4.68 Å². The van der Waals surface area contributed by atoms with E-state index in [1.807, 2.05) is 36.4 Å². The van der Waals surface area contributed by atoms with Gasteiger partial charge < -0.3 is 0 Å². The van der Waals surface area contributed by atoms with Crippen LogP contribution in [0.4, 0.5) is 0 Å². The highest BCUT2D eigenvalue weighted by Crippen LogP contribution is 2.37. The molecule has 0 N–H and O–H groups in total. The number of rotatable bonds is 4. The van der Waals surface area contributed by atoms with E-state index in [-0.39, 0.29) is 6.67 Å². The van der Waals surface area contributed by atoms with E-state index in [0.29, 0.717) is 38.6 Å². The predicted molar refractivity (Wildman–Crippen MR) is 105 cm³/mol. The van der Waals surface area contributed by atoms with Crippen LogP contribution in [-0.2, 0) is 6.67 Å². The summed E-state index contributed by atoms with van der Waals surface area (Å²) < 4.78 is 1.44. The Morgan fingerprint density at radius 2 is 1.86 bits per heavy atom. The summed E-state index contributed by atoms with van der Waals surface area (Å²) in [7, 11) is 0. The Morgan fingerprint density at radius 3 is 2.61 bits per heavy atom. The summed E-state index contributed by atoms with van der Waals surface area (Å²) in [4.78, 5) is 2.77. The Hall–Kier alpha value is -3.92. The van der Waals surface area contributed by atoms with Crippen LogP contribution in [0.25, 0.3) is 44.0 Å². The molecule has 0 atom stereocenters. The lowest BCUT2D eigenvalue weighted by atomic mass is 10.0.